The average Bonchev–Trinajstić information content (AvgIpc) is 2.83. The van der Waals surface area contributed by atoms with Gasteiger partial charge in [0, 0.05) is 5.92 Å². The zero-order chi connectivity index (χ0) is 15.8. The second-order valence-electron chi connectivity index (χ2n) is 8.44. The van der Waals surface area contributed by atoms with Crippen molar-refractivity contribution in [2.75, 3.05) is 5.75 Å². The minimum atomic E-state index is -3.33. The van der Waals surface area contributed by atoms with Crippen molar-refractivity contribution in [3.8, 4) is 0 Å². The second-order valence-corrected chi connectivity index (χ2v) is 10.6. The van der Waals surface area contributed by atoms with Crippen LogP contribution in [-0.2, 0) is 14.6 Å². The molecule has 22 heavy (non-hydrogen) atoms. The van der Waals surface area contributed by atoms with Crippen LogP contribution >= 0.6 is 0 Å². The molecule has 0 aromatic carbocycles. The summed E-state index contributed by atoms with van der Waals surface area (Å²) in [6.07, 6.45) is 3.01. The summed E-state index contributed by atoms with van der Waals surface area (Å²) in [5.41, 5.74) is 3.83. The van der Waals surface area contributed by atoms with Gasteiger partial charge in [-0.2, -0.15) is 0 Å². The Kier molecular flexibility index (Phi) is 4.29. The van der Waals surface area contributed by atoms with E-state index < -0.39 is 21.1 Å². The van der Waals surface area contributed by atoms with Crippen molar-refractivity contribution < 1.29 is 31.4 Å². The number of ketones is 1. The summed E-state index contributed by atoms with van der Waals surface area (Å²) in [7, 11) is -3.33. The van der Waals surface area contributed by atoms with Crippen LogP contribution in [0.25, 0.3) is 0 Å². The van der Waals surface area contributed by atoms with Crippen molar-refractivity contribution in [1.82, 2.24) is 0 Å². The quantitative estimate of drug-likeness (QED) is 0.643. The lowest BCUT2D eigenvalue weighted by molar-refractivity contribution is -0.413. The Hall–Kier alpha value is -0.130. The molecule has 2 aliphatic carbocycles. The summed E-state index contributed by atoms with van der Waals surface area (Å²) in [6, 6.07) is -0.415. The van der Waals surface area contributed by atoms with Crippen molar-refractivity contribution >= 4 is 15.6 Å². The number of carbonyl (C=O) groups excluding carboxylic acids is 1. The summed E-state index contributed by atoms with van der Waals surface area (Å²) in [5.74, 6) is 0.795. The monoisotopic (exact) mass is 351 g/mol. The van der Waals surface area contributed by atoms with E-state index in [0.29, 0.717) is 5.92 Å². The number of quaternary nitrogens is 1. The van der Waals surface area contributed by atoms with E-state index in [2.05, 4.69) is 19.6 Å². The van der Waals surface area contributed by atoms with Crippen LogP contribution in [-0.4, -0.2) is 31.2 Å². The maximum Gasteiger partial charge on any atom is 0.208 e. The largest absolute Gasteiger partial charge is 1.00 e. The van der Waals surface area contributed by atoms with Gasteiger partial charge in [-0.1, -0.05) is 27.7 Å². The Bertz CT molecular complexity index is 586. The lowest BCUT2D eigenvalue weighted by Gasteiger charge is -2.37. The van der Waals surface area contributed by atoms with Gasteiger partial charge in [0.15, 0.2) is 9.84 Å². The van der Waals surface area contributed by atoms with Crippen LogP contribution in [0.4, 0.5) is 0 Å². The molecule has 3 rings (SSSR count). The van der Waals surface area contributed by atoms with Crippen LogP contribution in [0.3, 0.4) is 0 Å². The van der Waals surface area contributed by atoms with Crippen LogP contribution in [0.1, 0.15) is 47.0 Å². The Morgan fingerprint density at radius 2 is 1.86 bits per heavy atom. The maximum absolute atomic E-state index is 12.8. The van der Waals surface area contributed by atoms with E-state index in [9.17, 15) is 13.2 Å². The minimum absolute atomic E-state index is 0. The van der Waals surface area contributed by atoms with E-state index in [1.807, 2.05) is 13.8 Å². The normalized spacial score (nSPS) is 42.0. The standard InChI is InChI=1S/C16H27NO3S.ClH/c1-9(2)12(17)13(18)14-11-7-10-5-6-16(11,15(10,3)4)8-21(14,19)20;/h9-12,14H,5-8,17H2,1-4H3;1H/t10-,11+,12+,14-,16-;/m1./s1/i13+2;. The summed E-state index contributed by atoms with van der Waals surface area (Å²) < 4.78 is 25.5. The number of sulfone groups is 1. The third kappa shape index (κ3) is 2.04. The predicted octanol–water partition coefficient (Wildman–Crippen LogP) is -1.93. The zero-order valence-corrected chi connectivity index (χ0v) is 15.5. The number of hydrogen-bond donors (Lipinski definition) is 1. The molecule has 6 heteroatoms. The molecule has 0 unspecified atom stereocenters. The molecule has 1 heterocycles. The van der Waals surface area contributed by atoms with Crippen LogP contribution in [0, 0.1) is 28.6 Å². The molecule has 0 aromatic rings. The van der Waals surface area contributed by atoms with Gasteiger partial charge in [-0.25, -0.2) is 8.42 Å². The number of rotatable bonds is 3. The van der Waals surface area contributed by atoms with Crippen molar-refractivity contribution in [1.29, 1.82) is 0 Å². The van der Waals surface area contributed by atoms with E-state index in [-0.39, 0.29) is 46.6 Å². The van der Waals surface area contributed by atoms with Gasteiger partial charge in [-0.15, -0.1) is 0 Å². The Morgan fingerprint density at radius 3 is 2.36 bits per heavy atom. The molecule has 0 radical (unpaired) electrons. The summed E-state index contributed by atoms with van der Waals surface area (Å²) >= 11 is 0. The van der Waals surface area contributed by atoms with E-state index in [4.69, 9.17) is 0 Å². The van der Waals surface area contributed by atoms with Crippen LogP contribution in [0.2, 0.25) is 0 Å². The first-order valence-corrected chi connectivity index (χ1v) is 9.84. The molecule has 4 nitrogen and oxygen atoms in total. The fraction of sp³-hybridized carbons (Fsp3) is 0.938. The number of carbonyl (C=O) groups is 1. The first kappa shape index (κ1) is 18.2. The van der Waals surface area contributed by atoms with Gasteiger partial charge >= 0.3 is 0 Å². The highest BCUT2D eigenvalue weighted by Crippen LogP contribution is 2.72. The lowest BCUT2D eigenvalue weighted by Crippen LogP contribution is -3.00. The molecule has 5 atom stereocenters. The SMILES string of the molecule is CC(C)[C@H]([NH3+])[14C](=O)[C@H]1[C@@H]2C[C@H]3CC[C@]2(CS1(=O)=O)C3(C)C.[Cl-]. The molecule has 0 amide bonds. The fourth-order valence-corrected chi connectivity index (χ4v) is 8.55. The van der Waals surface area contributed by atoms with Crippen LogP contribution in [0.5, 0.6) is 0 Å². The molecule has 2 saturated carbocycles. The molecule has 1 saturated heterocycles. The Balaban J connectivity index is 0.00000176. The van der Waals surface area contributed by atoms with Gasteiger partial charge in [0.25, 0.3) is 0 Å². The summed E-state index contributed by atoms with van der Waals surface area (Å²) in [6.45, 7) is 8.32. The number of Topliss-reactive ketones (excluding diaryl/α,β-unsaturated/α-hetero) is 1. The third-order valence-corrected chi connectivity index (χ3v) is 9.40. The molecule has 1 aliphatic heterocycles. The Labute approximate surface area is 139 Å². The Morgan fingerprint density at radius 1 is 1.27 bits per heavy atom. The topological polar surface area (TPSA) is 78.8 Å². The molecule has 128 valence electrons. The number of fused-ring (bicyclic) bond motifs is 1. The first-order chi connectivity index (χ1) is 9.54. The highest BCUT2D eigenvalue weighted by molar-refractivity contribution is 7.93. The van der Waals surface area contributed by atoms with Crippen LogP contribution in [0.15, 0.2) is 0 Å². The van der Waals surface area contributed by atoms with Crippen molar-refractivity contribution in [3.63, 3.8) is 0 Å². The minimum Gasteiger partial charge on any atom is -1.00 e. The van der Waals surface area contributed by atoms with Gasteiger partial charge < -0.3 is 18.1 Å². The first-order valence-electron chi connectivity index (χ1n) is 8.13. The third-order valence-electron chi connectivity index (χ3n) is 7.15. The van der Waals surface area contributed by atoms with Gasteiger partial charge in [-0.05, 0) is 41.9 Å². The predicted molar refractivity (Wildman–Crippen MR) is 81.1 cm³/mol. The smallest absolute Gasteiger partial charge is 0.208 e. The average molecular weight is 352 g/mol. The number of hydrogen-bond acceptors (Lipinski definition) is 3. The highest BCUT2D eigenvalue weighted by Gasteiger charge is 2.73. The molecule has 3 fully saturated rings. The van der Waals surface area contributed by atoms with Crippen molar-refractivity contribution in [2.45, 2.75) is 58.2 Å². The van der Waals surface area contributed by atoms with Crippen LogP contribution < -0.4 is 18.1 Å². The van der Waals surface area contributed by atoms with Crippen molar-refractivity contribution in [3.05, 3.63) is 0 Å². The van der Waals surface area contributed by atoms with E-state index in [1.165, 1.54) is 0 Å². The molecule has 2 bridgehead atoms. The van der Waals surface area contributed by atoms with E-state index in [0.717, 1.165) is 19.3 Å². The number of halogens is 1. The lowest BCUT2D eigenvalue weighted by atomic mass is 9.66. The molecular weight excluding hydrogens is 324 g/mol. The van der Waals surface area contributed by atoms with Crippen molar-refractivity contribution in [2.24, 2.45) is 28.6 Å². The van der Waals surface area contributed by atoms with E-state index in [1.54, 1.807) is 0 Å². The summed E-state index contributed by atoms with van der Waals surface area (Å²) in [4.78, 5) is 12.8. The second kappa shape index (κ2) is 5.18. The fourth-order valence-electron chi connectivity index (χ4n) is 5.52. The molecular formula is C16H28ClNO3S. The zero-order valence-electron chi connectivity index (χ0n) is 13.9. The van der Waals surface area contributed by atoms with E-state index >= 15 is 0 Å². The molecule has 3 N–H and O–H groups in total. The summed E-state index contributed by atoms with van der Waals surface area (Å²) in [5, 5.41) is -0.785. The van der Waals surface area contributed by atoms with Gasteiger partial charge in [0.05, 0.1) is 5.75 Å². The van der Waals surface area contributed by atoms with Gasteiger partial charge in [0.2, 0.25) is 5.78 Å². The molecule has 3 aliphatic rings. The molecule has 0 aromatic heterocycles. The van der Waals surface area contributed by atoms with Gasteiger partial charge in [0.1, 0.15) is 11.3 Å². The maximum atomic E-state index is 12.8. The highest BCUT2D eigenvalue weighted by atomic mass is 35.5. The molecule has 1 spiro atoms. The van der Waals surface area contributed by atoms with Gasteiger partial charge in [-0.3, -0.25) is 4.79 Å².